The number of ether oxygens (including phenoxy) is 3. The summed E-state index contributed by atoms with van der Waals surface area (Å²) >= 11 is 0. The number of hydrogen-bond donors (Lipinski definition) is 3. The van der Waals surface area contributed by atoms with Gasteiger partial charge in [-0.2, -0.15) is 10.2 Å². The molecule has 0 bridgehead atoms. The van der Waals surface area contributed by atoms with Gasteiger partial charge in [0.15, 0.2) is 11.9 Å². The molecule has 3 heterocycles. The van der Waals surface area contributed by atoms with E-state index in [1.807, 2.05) is 24.3 Å². The van der Waals surface area contributed by atoms with E-state index < -0.39 is 62.2 Å². The largest absolute Gasteiger partial charge is 0.465 e. The first-order chi connectivity index (χ1) is 21.8. The van der Waals surface area contributed by atoms with Crippen molar-refractivity contribution in [2.75, 3.05) is 18.9 Å². The molecule has 15 heteroatoms. The second-order valence-corrected chi connectivity index (χ2v) is 13.2. The maximum atomic E-state index is 14.4. The Labute approximate surface area is 265 Å². The molecule has 14 nitrogen and oxygen atoms in total. The fourth-order valence-electron chi connectivity index (χ4n) is 5.26. The highest BCUT2D eigenvalue weighted by atomic mass is 31.2. The molecule has 0 spiro atoms. The SMILES string of the molecule is CCOC(=O)[C@H](C)NP(=O)(OC[C@H]1OC(c2ccc3c(N)ncnn23)[C@](C)(O)[C@@H]1OC(=O)C(C)C)Oc1cccc2ccccc12. The minimum Gasteiger partial charge on any atom is -0.465 e. The number of nitrogens with two attached hydrogens (primary N) is 1. The third kappa shape index (κ3) is 6.72. The lowest BCUT2D eigenvalue weighted by molar-refractivity contribution is -0.166. The number of hydrogen-bond acceptors (Lipinski definition) is 12. The fraction of sp³-hybridized carbons (Fsp3) is 0.419. The van der Waals surface area contributed by atoms with Gasteiger partial charge in [-0.05, 0) is 44.4 Å². The van der Waals surface area contributed by atoms with Gasteiger partial charge in [-0.1, -0.05) is 50.2 Å². The number of anilines is 1. The van der Waals surface area contributed by atoms with Crippen LogP contribution in [0.2, 0.25) is 0 Å². The van der Waals surface area contributed by atoms with Gasteiger partial charge in [0.25, 0.3) is 0 Å². The van der Waals surface area contributed by atoms with Crippen LogP contribution in [-0.4, -0.2) is 68.7 Å². The summed E-state index contributed by atoms with van der Waals surface area (Å²) in [6.07, 6.45) is -2.24. The van der Waals surface area contributed by atoms with Gasteiger partial charge in [0.1, 0.15) is 41.4 Å². The Kier molecular flexibility index (Phi) is 9.66. The van der Waals surface area contributed by atoms with Crippen LogP contribution in [0.4, 0.5) is 5.82 Å². The highest BCUT2D eigenvalue weighted by molar-refractivity contribution is 7.52. The molecule has 4 aromatic rings. The number of fused-ring (bicyclic) bond motifs is 2. The zero-order valence-electron chi connectivity index (χ0n) is 26.2. The van der Waals surface area contributed by atoms with E-state index in [9.17, 15) is 19.3 Å². The van der Waals surface area contributed by atoms with Gasteiger partial charge >= 0.3 is 19.7 Å². The Hall–Kier alpha value is -4.07. The molecule has 2 unspecified atom stereocenters. The van der Waals surface area contributed by atoms with Crippen molar-refractivity contribution in [2.45, 2.75) is 64.6 Å². The van der Waals surface area contributed by atoms with Crippen molar-refractivity contribution >= 4 is 41.8 Å². The van der Waals surface area contributed by atoms with Crippen LogP contribution in [0.25, 0.3) is 16.3 Å². The van der Waals surface area contributed by atoms with E-state index in [1.165, 1.54) is 24.7 Å². The molecule has 0 aliphatic carbocycles. The summed E-state index contributed by atoms with van der Waals surface area (Å²) in [5.41, 5.74) is 5.10. The molecule has 5 rings (SSSR count). The number of rotatable bonds is 12. The summed E-state index contributed by atoms with van der Waals surface area (Å²) in [6.45, 7) is 7.53. The van der Waals surface area contributed by atoms with E-state index in [1.54, 1.807) is 51.1 Å². The van der Waals surface area contributed by atoms with Gasteiger partial charge in [-0.25, -0.2) is 14.1 Å². The first-order valence-electron chi connectivity index (χ1n) is 14.9. The first kappa shape index (κ1) is 33.3. The number of esters is 2. The summed E-state index contributed by atoms with van der Waals surface area (Å²) in [5, 5.41) is 20.2. The predicted octanol–water partition coefficient (Wildman–Crippen LogP) is 3.97. The molecule has 1 saturated heterocycles. The highest BCUT2D eigenvalue weighted by Gasteiger charge is 2.57. The van der Waals surface area contributed by atoms with Gasteiger partial charge in [0.2, 0.25) is 0 Å². The standard InChI is InChI=1S/C31H38N5O9P/c1-6-41-30(38)19(4)35-46(40,45-24-13-9-11-20-10-7-8-12-21(20)24)42-16-25-27(44-29(37)18(2)3)31(5,39)26(43-25)22-14-15-23-28(32)33-17-34-36(22)23/h7-15,17-19,25-27,39H,6,16H2,1-5H3,(H,35,40)(H2,32,33,34)/t19-,25+,26?,27+,31-,46?/m0/s1. The molecular formula is C31H38N5O9P. The van der Waals surface area contributed by atoms with Crippen molar-refractivity contribution in [3.8, 4) is 5.75 Å². The molecule has 1 aliphatic heterocycles. The number of nitrogens with zero attached hydrogens (tertiary/aromatic N) is 3. The van der Waals surface area contributed by atoms with Crippen molar-refractivity contribution < 1.29 is 42.5 Å². The first-order valence-corrected chi connectivity index (χ1v) is 16.4. The van der Waals surface area contributed by atoms with Crippen LogP contribution in [0, 0.1) is 5.92 Å². The molecule has 46 heavy (non-hydrogen) atoms. The maximum absolute atomic E-state index is 14.4. The summed E-state index contributed by atoms with van der Waals surface area (Å²) in [7, 11) is -4.37. The number of aliphatic hydroxyl groups is 1. The fourth-order valence-corrected chi connectivity index (χ4v) is 6.78. The van der Waals surface area contributed by atoms with Gasteiger partial charge < -0.3 is 29.6 Å². The summed E-state index contributed by atoms with van der Waals surface area (Å²) < 4.78 is 45.0. The van der Waals surface area contributed by atoms with Crippen LogP contribution >= 0.6 is 7.75 Å². The molecule has 0 radical (unpaired) electrons. The molecular weight excluding hydrogens is 617 g/mol. The number of carbonyl (C=O) groups excluding carboxylic acids is 2. The van der Waals surface area contributed by atoms with Crippen LogP contribution in [0.1, 0.15) is 46.4 Å². The summed E-state index contributed by atoms with van der Waals surface area (Å²) in [4.78, 5) is 29.3. The molecule has 4 N–H and O–H groups in total. The van der Waals surface area contributed by atoms with E-state index in [2.05, 4.69) is 15.2 Å². The minimum atomic E-state index is -4.37. The molecule has 0 saturated carbocycles. The van der Waals surface area contributed by atoms with Gasteiger partial charge in [-0.15, -0.1) is 0 Å². The molecule has 246 valence electrons. The van der Waals surface area contributed by atoms with Crippen molar-refractivity contribution in [2.24, 2.45) is 5.92 Å². The van der Waals surface area contributed by atoms with Crippen molar-refractivity contribution in [3.63, 3.8) is 0 Å². The maximum Gasteiger partial charge on any atom is 0.459 e. The Morgan fingerprint density at radius 3 is 2.61 bits per heavy atom. The average Bonchev–Trinajstić information content (AvgIpc) is 3.55. The second kappa shape index (κ2) is 13.3. The Bertz CT molecular complexity index is 1770. The highest BCUT2D eigenvalue weighted by Crippen LogP contribution is 2.49. The lowest BCUT2D eigenvalue weighted by Crippen LogP contribution is -2.47. The van der Waals surface area contributed by atoms with Crippen LogP contribution in [0.15, 0.2) is 60.9 Å². The lowest BCUT2D eigenvalue weighted by Gasteiger charge is -2.30. The number of nitrogens with one attached hydrogen (secondary N) is 1. The normalized spacial score (nSPS) is 23.3. The topological polar surface area (TPSA) is 186 Å². The third-order valence-corrected chi connectivity index (χ3v) is 9.25. The van der Waals surface area contributed by atoms with Crippen LogP contribution in [-0.2, 0) is 32.9 Å². The quantitative estimate of drug-likeness (QED) is 0.147. The number of aromatic nitrogens is 3. The molecule has 1 fully saturated rings. The predicted molar refractivity (Wildman–Crippen MR) is 168 cm³/mol. The van der Waals surface area contributed by atoms with E-state index in [4.69, 9.17) is 29.0 Å². The summed E-state index contributed by atoms with van der Waals surface area (Å²) in [6, 6.07) is 14.8. The molecule has 1 aliphatic rings. The van der Waals surface area contributed by atoms with E-state index in [0.717, 1.165) is 5.39 Å². The van der Waals surface area contributed by atoms with Crippen molar-refractivity contribution in [1.82, 2.24) is 19.7 Å². The Morgan fingerprint density at radius 2 is 1.87 bits per heavy atom. The zero-order valence-corrected chi connectivity index (χ0v) is 27.0. The minimum absolute atomic E-state index is 0.112. The number of benzene rings is 2. The average molecular weight is 656 g/mol. The van der Waals surface area contributed by atoms with Crippen LogP contribution in [0.3, 0.4) is 0 Å². The van der Waals surface area contributed by atoms with E-state index in [0.29, 0.717) is 16.6 Å². The Morgan fingerprint density at radius 1 is 1.13 bits per heavy atom. The molecule has 2 aromatic heterocycles. The van der Waals surface area contributed by atoms with Gasteiger partial charge in [-0.3, -0.25) is 14.1 Å². The zero-order chi connectivity index (χ0) is 33.2. The van der Waals surface area contributed by atoms with Gasteiger partial charge in [0, 0.05) is 5.39 Å². The Balaban J connectivity index is 1.48. The molecule has 2 aromatic carbocycles. The van der Waals surface area contributed by atoms with Gasteiger partial charge in [0.05, 0.1) is 24.8 Å². The van der Waals surface area contributed by atoms with Crippen molar-refractivity contribution in [1.29, 1.82) is 0 Å². The molecule has 6 atom stereocenters. The van der Waals surface area contributed by atoms with E-state index >= 15 is 0 Å². The van der Waals surface area contributed by atoms with Crippen LogP contribution in [0.5, 0.6) is 5.75 Å². The second-order valence-electron chi connectivity index (χ2n) is 11.5. The smallest absolute Gasteiger partial charge is 0.459 e. The number of carbonyl (C=O) groups is 2. The molecule has 0 amide bonds. The van der Waals surface area contributed by atoms with E-state index in [-0.39, 0.29) is 18.2 Å². The summed E-state index contributed by atoms with van der Waals surface area (Å²) in [5.74, 6) is -1.32. The van der Waals surface area contributed by atoms with Crippen LogP contribution < -0.4 is 15.3 Å². The number of nitrogen functional groups attached to an aromatic ring is 1. The third-order valence-electron chi connectivity index (χ3n) is 7.62. The monoisotopic (exact) mass is 655 g/mol. The lowest BCUT2D eigenvalue weighted by atomic mass is 9.91. The van der Waals surface area contributed by atoms with Crippen molar-refractivity contribution in [3.05, 3.63) is 66.6 Å².